The molecule has 0 saturated carbocycles. The van der Waals surface area contributed by atoms with E-state index in [-0.39, 0.29) is 0 Å². The highest BCUT2D eigenvalue weighted by Crippen LogP contribution is 2.45. The molecular weight excluding hydrogens is 717 g/mol. The molecule has 12 rings (SSSR count). The average molecular weight is 747 g/mol. The van der Waals surface area contributed by atoms with Gasteiger partial charge in [-0.05, 0) is 71.8 Å². The van der Waals surface area contributed by atoms with E-state index in [1.165, 1.54) is 42.0 Å². The first-order valence-corrected chi connectivity index (χ1v) is 19.8. The topological polar surface area (TPSA) is 56.7 Å². The standard InChI is InChI=1S/C51H30N4OS/c1-3-13-31(14-4-1)49-52-50(32-15-5-2-6-16-32)54-51(53-49)33-25-28-45-40(29-33)48-38(20-12-24-46(48)57-45)37-19-11-23-44-47(37)39-30-34(26-27-43(39)56-44)55-41-21-9-7-17-35(41)36-18-8-10-22-42(36)55/h1-30H. The van der Waals surface area contributed by atoms with E-state index in [0.717, 1.165) is 55.4 Å². The minimum Gasteiger partial charge on any atom is -0.456 e. The molecule has 0 atom stereocenters. The molecule has 4 heterocycles. The third kappa shape index (κ3) is 5.04. The van der Waals surface area contributed by atoms with Crippen LogP contribution < -0.4 is 0 Å². The van der Waals surface area contributed by atoms with Crippen molar-refractivity contribution >= 4 is 75.3 Å². The molecular formula is C51H30N4OS. The van der Waals surface area contributed by atoms with Crippen LogP contribution in [0.3, 0.4) is 0 Å². The third-order valence-electron chi connectivity index (χ3n) is 11.1. The van der Waals surface area contributed by atoms with Crippen LogP contribution in [0.15, 0.2) is 186 Å². The van der Waals surface area contributed by atoms with Crippen LogP contribution in [0.1, 0.15) is 0 Å². The van der Waals surface area contributed by atoms with Crippen molar-refractivity contribution in [1.82, 2.24) is 19.5 Å². The second-order valence-corrected chi connectivity index (χ2v) is 15.4. The maximum atomic E-state index is 6.59. The van der Waals surface area contributed by atoms with Gasteiger partial charge < -0.3 is 8.98 Å². The summed E-state index contributed by atoms with van der Waals surface area (Å²) in [5.74, 6) is 1.94. The molecule has 8 aromatic carbocycles. The zero-order valence-corrected chi connectivity index (χ0v) is 31.2. The molecule has 0 spiro atoms. The molecule has 6 heteroatoms. The highest BCUT2D eigenvalue weighted by Gasteiger charge is 2.20. The van der Waals surface area contributed by atoms with Crippen LogP contribution >= 0.6 is 11.3 Å². The fraction of sp³-hybridized carbons (Fsp3) is 0. The molecule has 0 aliphatic carbocycles. The van der Waals surface area contributed by atoms with E-state index in [4.69, 9.17) is 19.4 Å². The molecule has 0 unspecified atom stereocenters. The Kier molecular flexibility index (Phi) is 7.03. The summed E-state index contributed by atoms with van der Waals surface area (Å²) in [5, 5.41) is 7.05. The van der Waals surface area contributed by atoms with Gasteiger partial charge in [-0.15, -0.1) is 11.3 Å². The highest BCUT2D eigenvalue weighted by atomic mass is 32.1. The van der Waals surface area contributed by atoms with E-state index in [0.29, 0.717) is 17.5 Å². The van der Waals surface area contributed by atoms with Crippen LogP contribution in [-0.2, 0) is 0 Å². The van der Waals surface area contributed by atoms with Crippen molar-refractivity contribution in [3.63, 3.8) is 0 Å². The zero-order chi connectivity index (χ0) is 37.5. The van der Waals surface area contributed by atoms with Crippen molar-refractivity contribution in [2.45, 2.75) is 0 Å². The first-order chi connectivity index (χ1) is 28.2. The van der Waals surface area contributed by atoms with E-state index in [9.17, 15) is 0 Å². The van der Waals surface area contributed by atoms with Gasteiger partial charge in [0.25, 0.3) is 0 Å². The predicted molar refractivity (Wildman–Crippen MR) is 236 cm³/mol. The molecule has 4 aromatic heterocycles. The number of fused-ring (bicyclic) bond motifs is 9. The van der Waals surface area contributed by atoms with Gasteiger partial charge in [-0.25, -0.2) is 15.0 Å². The normalized spacial score (nSPS) is 11.9. The van der Waals surface area contributed by atoms with E-state index >= 15 is 0 Å². The number of nitrogens with zero attached hydrogens (tertiary/aromatic N) is 4. The van der Waals surface area contributed by atoms with Gasteiger partial charge in [-0.1, -0.05) is 121 Å². The van der Waals surface area contributed by atoms with Crippen molar-refractivity contribution in [1.29, 1.82) is 0 Å². The summed E-state index contributed by atoms with van der Waals surface area (Å²) in [4.78, 5) is 15.0. The van der Waals surface area contributed by atoms with Crippen molar-refractivity contribution in [2.75, 3.05) is 0 Å². The summed E-state index contributed by atoms with van der Waals surface area (Å²) in [5.41, 5.74) is 10.3. The smallest absolute Gasteiger partial charge is 0.164 e. The maximum absolute atomic E-state index is 6.59. The number of furan rings is 1. The summed E-state index contributed by atoms with van der Waals surface area (Å²) >= 11 is 1.81. The van der Waals surface area contributed by atoms with Gasteiger partial charge in [0, 0.05) is 64.1 Å². The Bertz CT molecular complexity index is 3420. The number of thiophene rings is 1. The molecule has 0 aliphatic rings. The molecule has 0 fully saturated rings. The monoisotopic (exact) mass is 746 g/mol. The quantitative estimate of drug-likeness (QED) is 0.176. The third-order valence-corrected chi connectivity index (χ3v) is 12.2. The van der Waals surface area contributed by atoms with Crippen molar-refractivity contribution in [3.8, 4) is 51.0 Å². The molecule has 0 N–H and O–H groups in total. The molecule has 0 saturated heterocycles. The van der Waals surface area contributed by atoms with E-state index in [2.05, 4.69) is 126 Å². The Balaban J connectivity index is 1.06. The van der Waals surface area contributed by atoms with Crippen molar-refractivity contribution in [2.24, 2.45) is 0 Å². The molecule has 0 bridgehead atoms. The number of hydrogen-bond donors (Lipinski definition) is 0. The van der Waals surface area contributed by atoms with Crippen LogP contribution in [0, 0.1) is 0 Å². The molecule has 12 aromatic rings. The Morgan fingerprint density at radius 3 is 1.67 bits per heavy atom. The van der Waals surface area contributed by atoms with Gasteiger partial charge in [-0.3, -0.25) is 0 Å². The molecule has 0 radical (unpaired) electrons. The first-order valence-electron chi connectivity index (χ1n) is 19.0. The zero-order valence-electron chi connectivity index (χ0n) is 30.4. The largest absolute Gasteiger partial charge is 0.456 e. The van der Waals surface area contributed by atoms with Crippen LogP contribution in [-0.4, -0.2) is 19.5 Å². The average Bonchev–Trinajstić information content (AvgIpc) is 3.96. The minimum atomic E-state index is 0.641. The van der Waals surface area contributed by atoms with E-state index in [1.807, 2.05) is 72.0 Å². The number of rotatable bonds is 5. The summed E-state index contributed by atoms with van der Waals surface area (Å²) in [6.07, 6.45) is 0. The lowest BCUT2D eigenvalue weighted by molar-refractivity contribution is 0.669. The summed E-state index contributed by atoms with van der Waals surface area (Å²) in [7, 11) is 0. The molecule has 57 heavy (non-hydrogen) atoms. The summed E-state index contributed by atoms with van der Waals surface area (Å²) < 4.78 is 11.4. The lowest BCUT2D eigenvalue weighted by Crippen LogP contribution is -2.00. The van der Waals surface area contributed by atoms with Gasteiger partial charge >= 0.3 is 0 Å². The SMILES string of the molecule is c1ccc(-c2nc(-c3ccccc3)nc(-c3ccc4sc5cccc(-c6cccc7oc8ccc(-n9c%10ccccc%10c%10ccccc%109)cc8c67)c5c4c3)n2)cc1. The summed E-state index contributed by atoms with van der Waals surface area (Å²) in [6.45, 7) is 0. The molecule has 5 nitrogen and oxygen atoms in total. The van der Waals surface area contributed by atoms with E-state index < -0.39 is 0 Å². The van der Waals surface area contributed by atoms with Gasteiger partial charge in [0.15, 0.2) is 17.5 Å². The lowest BCUT2D eigenvalue weighted by Gasteiger charge is -2.10. The van der Waals surface area contributed by atoms with Gasteiger partial charge in [0.05, 0.1) is 11.0 Å². The van der Waals surface area contributed by atoms with Gasteiger partial charge in [-0.2, -0.15) is 0 Å². The lowest BCUT2D eigenvalue weighted by atomic mass is 9.95. The molecule has 266 valence electrons. The number of benzene rings is 8. The highest BCUT2D eigenvalue weighted by molar-refractivity contribution is 7.26. The van der Waals surface area contributed by atoms with E-state index in [1.54, 1.807) is 0 Å². The maximum Gasteiger partial charge on any atom is 0.164 e. The van der Waals surface area contributed by atoms with Crippen molar-refractivity contribution in [3.05, 3.63) is 182 Å². The predicted octanol–water partition coefficient (Wildman–Crippen LogP) is 13.9. The second kappa shape index (κ2) is 12.6. The number of hydrogen-bond acceptors (Lipinski definition) is 5. The Labute approximate surface area is 330 Å². The van der Waals surface area contributed by atoms with Crippen LogP contribution in [0.5, 0.6) is 0 Å². The first kappa shape index (κ1) is 31.9. The number of para-hydroxylation sites is 2. The summed E-state index contributed by atoms with van der Waals surface area (Å²) in [6, 6.07) is 63.8. The van der Waals surface area contributed by atoms with Crippen LogP contribution in [0.2, 0.25) is 0 Å². The van der Waals surface area contributed by atoms with Crippen molar-refractivity contribution < 1.29 is 4.42 Å². The Morgan fingerprint density at radius 1 is 0.386 bits per heavy atom. The number of aromatic nitrogens is 4. The minimum absolute atomic E-state index is 0.641. The van der Waals surface area contributed by atoms with Gasteiger partial charge in [0.2, 0.25) is 0 Å². The second-order valence-electron chi connectivity index (χ2n) is 14.4. The van der Waals surface area contributed by atoms with Crippen LogP contribution in [0.4, 0.5) is 0 Å². The molecule has 0 aliphatic heterocycles. The van der Waals surface area contributed by atoms with Crippen LogP contribution in [0.25, 0.3) is 115 Å². The Hall–Kier alpha value is -7.41. The molecule has 0 amide bonds. The fourth-order valence-electron chi connectivity index (χ4n) is 8.51. The fourth-order valence-corrected chi connectivity index (χ4v) is 9.62. The Morgan fingerprint density at radius 2 is 0.982 bits per heavy atom. The van der Waals surface area contributed by atoms with Gasteiger partial charge in [0.1, 0.15) is 11.2 Å².